The molecule has 0 bridgehead atoms. The largest absolute Gasteiger partial charge is 0.355 e. The monoisotopic (exact) mass is 224 g/mol. The quantitative estimate of drug-likeness (QED) is 0.763. The molecule has 1 saturated heterocycles. The molecule has 0 aromatic heterocycles. The fourth-order valence-electron chi connectivity index (χ4n) is 2.64. The summed E-state index contributed by atoms with van der Waals surface area (Å²) in [7, 11) is 0. The first-order valence-electron chi connectivity index (χ1n) is 6.59. The summed E-state index contributed by atoms with van der Waals surface area (Å²) in [6.07, 6.45) is 5.62. The maximum atomic E-state index is 12.0. The first kappa shape index (κ1) is 11.9. The molecule has 3 nitrogen and oxygen atoms in total. The van der Waals surface area contributed by atoms with Gasteiger partial charge in [-0.2, -0.15) is 0 Å². The van der Waals surface area contributed by atoms with Crippen LogP contribution in [-0.4, -0.2) is 25.5 Å². The third kappa shape index (κ3) is 2.40. The Labute approximate surface area is 98.4 Å². The van der Waals surface area contributed by atoms with Crippen LogP contribution in [0.25, 0.3) is 0 Å². The number of carbonyl (C=O) groups excluding carboxylic acids is 1. The van der Waals surface area contributed by atoms with Crippen molar-refractivity contribution in [1.82, 2.24) is 10.6 Å². The highest BCUT2D eigenvalue weighted by molar-refractivity contribution is 5.85. The summed E-state index contributed by atoms with van der Waals surface area (Å²) in [6, 6.07) is 0. The van der Waals surface area contributed by atoms with E-state index in [1.807, 2.05) is 0 Å². The lowest BCUT2D eigenvalue weighted by Crippen LogP contribution is -2.47. The van der Waals surface area contributed by atoms with Gasteiger partial charge in [-0.15, -0.1) is 0 Å². The molecule has 2 rings (SSSR count). The molecule has 0 aromatic rings. The molecule has 1 aliphatic heterocycles. The van der Waals surface area contributed by atoms with E-state index in [1.165, 1.54) is 12.8 Å². The summed E-state index contributed by atoms with van der Waals surface area (Å²) in [5, 5.41) is 6.58. The van der Waals surface area contributed by atoms with Crippen LogP contribution in [0.2, 0.25) is 0 Å². The highest BCUT2D eigenvalue weighted by Gasteiger charge is 2.48. The lowest BCUT2D eigenvalue weighted by Gasteiger charge is -2.34. The Morgan fingerprint density at radius 1 is 1.38 bits per heavy atom. The van der Waals surface area contributed by atoms with Gasteiger partial charge < -0.3 is 10.6 Å². The van der Waals surface area contributed by atoms with E-state index in [0.717, 1.165) is 38.9 Å². The second kappa shape index (κ2) is 4.36. The number of hydrogen-bond acceptors (Lipinski definition) is 2. The predicted octanol–water partition coefficient (Wildman–Crippen LogP) is 1.68. The van der Waals surface area contributed by atoms with Crippen LogP contribution in [0.4, 0.5) is 0 Å². The van der Waals surface area contributed by atoms with E-state index in [-0.39, 0.29) is 10.8 Å². The van der Waals surface area contributed by atoms with Gasteiger partial charge in [0, 0.05) is 18.5 Å². The minimum atomic E-state index is 0.0124. The molecule has 2 fully saturated rings. The van der Waals surface area contributed by atoms with Gasteiger partial charge in [0.1, 0.15) is 0 Å². The van der Waals surface area contributed by atoms with E-state index in [4.69, 9.17) is 0 Å². The SMILES string of the molecule is CCC1(C(=O)NCC2(C)CCCNC2)CC1. The zero-order valence-electron chi connectivity index (χ0n) is 10.6. The highest BCUT2D eigenvalue weighted by atomic mass is 16.2. The molecular weight excluding hydrogens is 200 g/mol. The Morgan fingerprint density at radius 3 is 2.62 bits per heavy atom. The van der Waals surface area contributed by atoms with Crippen molar-refractivity contribution in [1.29, 1.82) is 0 Å². The van der Waals surface area contributed by atoms with E-state index in [0.29, 0.717) is 5.91 Å². The summed E-state index contributed by atoms with van der Waals surface area (Å²) in [5.41, 5.74) is 0.274. The van der Waals surface area contributed by atoms with Crippen molar-refractivity contribution < 1.29 is 4.79 Å². The predicted molar refractivity (Wildman–Crippen MR) is 65.2 cm³/mol. The lowest BCUT2D eigenvalue weighted by atomic mass is 9.82. The van der Waals surface area contributed by atoms with Crippen LogP contribution in [0.5, 0.6) is 0 Å². The zero-order valence-corrected chi connectivity index (χ0v) is 10.6. The number of carbonyl (C=O) groups is 1. The minimum Gasteiger partial charge on any atom is -0.355 e. The molecular formula is C13H24N2O. The zero-order chi connectivity index (χ0) is 11.6. The van der Waals surface area contributed by atoms with E-state index in [1.54, 1.807) is 0 Å². The normalized spacial score (nSPS) is 32.1. The number of piperidine rings is 1. The molecule has 16 heavy (non-hydrogen) atoms. The number of hydrogen-bond donors (Lipinski definition) is 2. The number of amides is 1. The van der Waals surface area contributed by atoms with E-state index in [2.05, 4.69) is 24.5 Å². The van der Waals surface area contributed by atoms with Crippen LogP contribution in [0.3, 0.4) is 0 Å². The summed E-state index contributed by atoms with van der Waals surface area (Å²) in [4.78, 5) is 12.0. The Bertz CT molecular complexity index is 265. The van der Waals surface area contributed by atoms with Crippen molar-refractivity contribution in [3.8, 4) is 0 Å². The summed E-state index contributed by atoms with van der Waals surface area (Å²) >= 11 is 0. The Balaban J connectivity index is 1.80. The first-order chi connectivity index (χ1) is 7.60. The first-order valence-corrected chi connectivity index (χ1v) is 6.59. The molecule has 1 saturated carbocycles. The summed E-state index contributed by atoms with van der Waals surface area (Å²) in [5.74, 6) is 0.293. The fourth-order valence-corrected chi connectivity index (χ4v) is 2.64. The van der Waals surface area contributed by atoms with Crippen LogP contribution in [0.1, 0.15) is 46.0 Å². The van der Waals surface area contributed by atoms with Gasteiger partial charge in [0.05, 0.1) is 0 Å². The third-order valence-electron chi connectivity index (χ3n) is 4.37. The smallest absolute Gasteiger partial charge is 0.226 e. The molecule has 1 amide bonds. The van der Waals surface area contributed by atoms with Crippen LogP contribution in [0.15, 0.2) is 0 Å². The van der Waals surface area contributed by atoms with Crippen LogP contribution in [-0.2, 0) is 4.79 Å². The maximum absolute atomic E-state index is 12.0. The second-order valence-electron chi connectivity index (χ2n) is 5.91. The standard InChI is InChI=1S/C13H24N2O/c1-3-13(6-7-13)11(16)15-10-12(2)5-4-8-14-9-12/h14H,3-10H2,1-2H3,(H,15,16). The van der Waals surface area contributed by atoms with Gasteiger partial charge in [-0.05, 0) is 44.1 Å². The fraction of sp³-hybridized carbons (Fsp3) is 0.923. The van der Waals surface area contributed by atoms with Gasteiger partial charge in [-0.3, -0.25) is 4.79 Å². The maximum Gasteiger partial charge on any atom is 0.226 e. The molecule has 1 unspecified atom stereocenters. The van der Waals surface area contributed by atoms with Crippen molar-refractivity contribution in [2.45, 2.75) is 46.0 Å². The average molecular weight is 224 g/mol. The molecule has 2 N–H and O–H groups in total. The Kier molecular flexibility index (Phi) is 3.24. The van der Waals surface area contributed by atoms with Crippen molar-refractivity contribution in [2.24, 2.45) is 10.8 Å². The molecule has 2 aliphatic rings. The van der Waals surface area contributed by atoms with E-state index < -0.39 is 0 Å². The summed E-state index contributed by atoms with van der Waals surface area (Å²) in [6.45, 7) is 7.39. The van der Waals surface area contributed by atoms with Crippen molar-refractivity contribution in [3.05, 3.63) is 0 Å². The number of nitrogens with one attached hydrogen (secondary N) is 2. The lowest BCUT2D eigenvalue weighted by molar-refractivity contribution is -0.127. The molecule has 1 heterocycles. The minimum absolute atomic E-state index is 0.0124. The highest BCUT2D eigenvalue weighted by Crippen LogP contribution is 2.48. The molecule has 1 atom stereocenters. The Hall–Kier alpha value is -0.570. The van der Waals surface area contributed by atoms with Gasteiger partial charge in [0.2, 0.25) is 5.91 Å². The molecule has 0 aromatic carbocycles. The van der Waals surface area contributed by atoms with Crippen molar-refractivity contribution >= 4 is 5.91 Å². The van der Waals surface area contributed by atoms with Crippen LogP contribution >= 0.6 is 0 Å². The summed E-state index contributed by atoms with van der Waals surface area (Å²) < 4.78 is 0. The van der Waals surface area contributed by atoms with Crippen LogP contribution < -0.4 is 10.6 Å². The van der Waals surface area contributed by atoms with Gasteiger partial charge in [0.25, 0.3) is 0 Å². The Morgan fingerprint density at radius 2 is 2.12 bits per heavy atom. The van der Waals surface area contributed by atoms with Gasteiger partial charge >= 0.3 is 0 Å². The third-order valence-corrected chi connectivity index (χ3v) is 4.37. The number of rotatable bonds is 4. The van der Waals surface area contributed by atoms with Crippen molar-refractivity contribution in [3.63, 3.8) is 0 Å². The van der Waals surface area contributed by atoms with Gasteiger partial charge in [-0.25, -0.2) is 0 Å². The molecule has 1 aliphatic carbocycles. The topological polar surface area (TPSA) is 41.1 Å². The van der Waals surface area contributed by atoms with Gasteiger partial charge in [-0.1, -0.05) is 13.8 Å². The van der Waals surface area contributed by atoms with Gasteiger partial charge in [0.15, 0.2) is 0 Å². The van der Waals surface area contributed by atoms with Crippen LogP contribution in [0, 0.1) is 10.8 Å². The molecule has 0 spiro atoms. The second-order valence-corrected chi connectivity index (χ2v) is 5.91. The molecule has 92 valence electrons. The molecule has 0 radical (unpaired) electrons. The van der Waals surface area contributed by atoms with E-state index >= 15 is 0 Å². The molecule has 3 heteroatoms. The van der Waals surface area contributed by atoms with Crippen molar-refractivity contribution in [2.75, 3.05) is 19.6 Å². The average Bonchev–Trinajstić information content (AvgIpc) is 3.08. The van der Waals surface area contributed by atoms with E-state index in [9.17, 15) is 4.79 Å².